The van der Waals surface area contributed by atoms with Gasteiger partial charge in [-0.1, -0.05) is 12.1 Å². The summed E-state index contributed by atoms with van der Waals surface area (Å²) in [7, 11) is 2.16. The van der Waals surface area contributed by atoms with Crippen LogP contribution in [0.5, 0.6) is 0 Å². The molecule has 1 aliphatic heterocycles. The molecule has 0 spiro atoms. The number of nitrogens with zero attached hydrogens (tertiary/aromatic N) is 4. The number of hydrogen-bond donors (Lipinski definition) is 2. The molecule has 8 heteroatoms. The van der Waals surface area contributed by atoms with Crippen LogP contribution in [-0.2, 0) is 4.74 Å². The number of carbonyl (C=O) groups is 1. The molecule has 1 fully saturated rings. The molecular weight excluding hydrogens is 380 g/mol. The second kappa shape index (κ2) is 8.71. The molecule has 0 unspecified atom stereocenters. The van der Waals surface area contributed by atoms with Crippen LogP contribution in [0, 0.1) is 0 Å². The first kappa shape index (κ1) is 20.2. The Labute approximate surface area is 176 Å². The lowest BCUT2D eigenvalue weighted by atomic mass is 10.1. The number of fused-ring (bicyclic) bond motifs is 1. The lowest BCUT2D eigenvalue weighted by molar-refractivity contribution is 0.130. The molecule has 30 heavy (non-hydrogen) atoms. The first-order valence-electron chi connectivity index (χ1n) is 10.4. The van der Waals surface area contributed by atoms with E-state index in [0.29, 0.717) is 11.7 Å². The molecule has 4 rings (SSSR count). The summed E-state index contributed by atoms with van der Waals surface area (Å²) in [6.45, 7) is 5.82. The van der Waals surface area contributed by atoms with Gasteiger partial charge in [-0.05, 0) is 71.1 Å². The minimum atomic E-state index is -0.469. The fourth-order valence-corrected chi connectivity index (χ4v) is 3.63. The Morgan fingerprint density at radius 2 is 2.00 bits per heavy atom. The first-order chi connectivity index (χ1) is 14.5. The van der Waals surface area contributed by atoms with Gasteiger partial charge in [0.25, 0.3) is 0 Å². The summed E-state index contributed by atoms with van der Waals surface area (Å²) in [5.74, 6) is 0.839. The maximum atomic E-state index is 11.9. The number of piperidine rings is 1. The molecule has 1 saturated heterocycles. The molecular formula is C22H28N6O2. The van der Waals surface area contributed by atoms with Gasteiger partial charge in [0.1, 0.15) is 5.82 Å². The quantitative estimate of drug-likeness (QED) is 0.667. The van der Waals surface area contributed by atoms with E-state index in [2.05, 4.69) is 27.6 Å². The minimum absolute atomic E-state index is 0.174. The van der Waals surface area contributed by atoms with E-state index in [1.54, 1.807) is 6.20 Å². The lowest BCUT2D eigenvalue weighted by Gasteiger charge is -2.29. The molecule has 1 amide bonds. The number of nitrogens with one attached hydrogen (secondary N) is 2. The zero-order chi connectivity index (χ0) is 21.1. The smallest absolute Gasteiger partial charge is 0.411 e. The number of rotatable bonds is 5. The molecule has 3 heterocycles. The Balaban J connectivity index is 1.55. The number of aromatic nitrogens is 3. The van der Waals surface area contributed by atoms with E-state index < -0.39 is 6.09 Å². The summed E-state index contributed by atoms with van der Waals surface area (Å²) in [4.78, 5) is 18.7. The van der Waals surface area contributed by atoms with Gasteiger partial charge in [-0.3, -0.25) is 5.32 Å². The van der Waals surface area contributed by atoms with E-state index in [-0.39, 0.29) is 6.10 Å². The second-order valence-electron chi connectivity index (χ2n) is 8.01. The van der Waals surface area contributed by atoms with Crippen molar-refractivity contribution in [3.8, 4) is 11.3 Å². The Morgan fingerprint density at radius 3 is 2.77 bits per heavy atom. The van der Waals surface area contributed by atoms with Crippen molar-refractivity contribution in [2.75, 3.05) is 30.8 Å². The monoisotopic (exact) mass is 408 g/mol. The van der Waals surface area contributed by atoms with Crippen LogP contribution in [-0.4, -0.2) is 57.9 Å². The van der Waals surface area contributed by atoms with E-state index in [9.17, 15) is 4.79 Å². The van der Waals surface area contributed by atoms with Crippen LogP contribution in [0.25, 0.3) is 16.9 Å². The van der Waals surface area contributed by atoms with Crippen molar-refractivity contribution in [1.82, 2.24) is 19.5 Å². The number of ether oxygens (including phenoxy) is 1. The summed E-state index contributed by atoms with van der Waals surface area (Å²) in [5, 5.41) is 11.1. The number of hydrogen-bond acceptors (Lipinski definition) is 6. The third kappa shape index (κ3) is 4.71. The molecule has 1 aliphatic rings. The Bertz CT molecular complexity index is 1020. The van der Waals surface area contributed by atoms with Crippen LogP contribution >= 0.6 is 0 Å². The van der Waals surface area contributed by atoms with Crippen molar-refractivity contribution in [1.29, 1.82) is 0 Å². The molecule has 1 aromatic carbocycles. The van der Waals surface area contributed by atoms with Crippen LogP contribution in [0.2, 0.25) is 0 Å². The van der Waals surface area contributed by atoms with Crippen LogP contribution < -0.4 is 10.6 Å². The molecule has 2 N–H and O–H groups in total. The highest BCUT2D eigenvalue weighted by Gasteiger charge is 2.17. The number of benzene rings is 1. The standard InChI is InChI=1S/C22H28N6O2/c1-15(2)30-22(29)25-18-6-4-5-16(13-18)19-14-23-21-8-7-20(26-28(19)21)24-17-9-11-27(3)12-10-17/h4-8,13-15,17H,9-12H2,1-3H3,(H,24,26)(H,25,29). The number of anilines is 2. The molecule has 0 aliphatic carbocycles. The van der Waals surface area contributed by atoms with E-state index >= 15 is 0 Å². The number of amides is 1. The van der Waals surface area contributed by atoms with Crippen molar-refractivity contribution in [2.24, 2.45) is 0 Å². The molecule has 0 atom stereocenters. The zero-order valence-electron chi connectivity index (χ0n) is 17.6. The summed E-state index contributed by atoms with van der Waals surface area (Å²) in [6, 6.07) is 12.0. The van der Waals surface area contributed by atoms with Gasteiger partial charge in [-0.2, -0.15) is 0 Å². The molecule has 8 nitrogen and oxygen atoms in total. The highest BCUT2D eigenvalue weighted by molar-refractivity contribution is 5.86. The van der Waals surface area contributed by atoms with Gasteiger partial charge in [0.15, 0.2) is 5.65 Å². The molecule has 3 aromatic rings. The van der Waals surface area contributed by atoms with Gasteiger partial charge in [-0.15, -0.1) is 5.10 Å². The van der Waals surface area contributed by atoms with E-state index in [4.69, 9.17) is 9.84 Å². The SMILES string of the molecule is CC(C)OC(=O)Nc1cccc(-c2cnc3ccc(NC4CCN(C)CC4)nn23)c1. The largest absolute Gasteiger partial charge is 0.447 e. The van der Waals surface area contributed by atoms with Crippen molar-refractivity contribution in [3.63, 3.8) is 0 Å². The highest BCUT2D eigenvalue weighted by atomic mass is 16.6. The summed E-state index contributed by atoms with van der Waals surface area (Å²) < 4.78 is 6.99. The van der Waals surface area contributed by atoms with E-state index in [1.165, 1.54) is 0 Å². The topological polar surface area (TPSA) is 83.8 Å². The van der Waals surface area contributed by atoms with Gasteiger partial charge >= 0.3 is 6.09 Å². The number of likely N-dealkylation sites (tertiary alicyclic amines) is 1. The van der Waals surface area contributed by atoms with E-state index in [0.717, 1.165) is 48.7 Å². The van der Waals surface area contributed by atoms with Crippen LogP contribution in [0.4, 0.5) is 16.3 Å². The van der Waals surface area contributed by atoms with Crippen molar-refractivity contribution < 1.29 is 9.53 Å². The van der Waals surface area contributed by atoms with Crippen LogP contribution in [0.3, 0.4) is 0 Å². The third-order valence-corrected chi connectivity index (χ3v) is 5.18. The van der Waals surface area contributed by atoms with Crippen molar-refractivity contribution in [2.45, 2.75) is 38.8 Å². The van der Waals surface area contributed by atoms with E-state index in [1.807, 2.05) is 54.8 Å². The molecule has 0 radical (unpaired) electrons. The Kier molecular flexibility index (Phi) is 5.85. The number of imidazole rings is 1. The Hall–Kier alpha value is -3.13. The van der Waals surface area contributed by atoms with Crippen molar-refractivity contribution >= 4 is 23.2 Å². The van der Waals surface area contributed by atoms with Gasteiger partial charge in [0.05, 0.1) is 18.0 Å². The van der Waals surface area contributed by atoms with Gasteiger partial charge in [-0.25, -0.2) is 14.3 Å². The molecule has 0 saturated carbocycles. The Morgan fingerprint density at radius 1 is 1.20 bits per heavy atom. The molecule has 2 aromatic heterocycles. The van der Waals surface area contributed by atoms with Crippen LogP contribution in [0.15, 0.2) is 42.6 Å². The summed E-state index contributed by atoms with van der Waals surface area (Å²) in [5.41, 5.74) is 3.21. The van der Waals surface area contributed by atoms with Crippen molar-refractivity contribution in [3.05, 3.63) is 42.6 Å². The second-order valence-corrected chi connectivity index (χ2v) is 8.01. The first-order valence-corrected chi connectivity index (χ1v) is 10.4. The average Bonchev–Trinajstić information content (AvgIpc) is 3.12. The average molecular weight is 409 g/mol. The maximum Gasteiger partial charge on any atom is 0.411 e. The van der Waals surface area contributed by atoms with Crippen LogP contribution in [0.1, 0.15) is 26.7 Å². The molecule has 0 bridgehead atoms. The predicted molar refractivity (Wildman–Crippen MR) is 118 cm³/mol. The van der Waals surface area contributed by atoms with Gasteiger partial charge in [0.2, 0.25) is 0 Å². The normalized spacial score (nSPS) is 15.5. The highest BCUT2D eigenvalue weighted by Crippen LogP contribution is 2.24. The minimum Gasteiger partial charge on any atom is -0.447 e. The van der Waals surface area contributed by atoms with Gasteiger partial charge in [0, 0.05) is 17.3 Å². The predicted octanol–water partition coefficient (Wildman–Crippen LogP) is 3.86. The fraction of sp³-hybridized carbons (Fsp3) is 0.409. The third-order valence-electron chi connectivity index (χ3n) is 5.18. The molecule has 158 valence electrons. The fourth-order valence-electron chi connectivity index (χ4n) is 3.63. The maximum absolute atomic E-state index is 11.9. The summed E-state index contributed by atoms with van der Waals surface area (Å²) in [6.07, 6.45) is 3.36. The lowest BCUT2D eigenvalue weighted by Crippen LogP contribution is -2.36. The van der Waals surface area contributed by atoms with Gasteiger partial charge < -0.3 is 15.0 Å². The zero-order valence-corrected chi connectivity index (χ0v) is 17.6. The number of carbonyl (C=O) groups excluding carboxylic acids is 1. The summed E-state index contributed by atoms with van der Waals surface area (Å²) >= 11 is 0.